The molecular weight excluding hydrogens is 280 g/mol. The minimum atomic E-state index is -0.818. The number of benzene rings is 1. The van der Waals surface area contributed by atoms with E-state index in [1.807, 2.05) is 11.8 Å². The Morgan fingerprint density at radius 2 is 2.10 bits per heavy atom. The van der Waals surface area contributed by atoms with E-state index in [2.05, 4.69) is 0 Å². The molecule has 2 rings (SSSR count). The van der Waals surface area contributed by atoms with Crippen molar-refractivity contribution in [1.29, 1.82) is 0 Å². The van der Waals surface area contributed by atoms with Crippen LogP contribution in [0.25, 0.3) is 0 Å². The Hall–Kier alpha value is -1.69. The summed E-state index contributed by atoms with van der Waals surface area (Å²) in [6.45, 7) is 3.03. The number of carbonyl (C=O) groups is 1. The molecule has 1 aliphatic heterocycles. The molecule has 1 heterocycles. The molecule has 6 heteroatoms. The largest absolute Gasteiger partial charge is 0.487 e. The summed E-state index contributed by atoms with van der Waals surface area (Å²) in [6.07, 6.45) is 1.63. The van der Waals surface area contributed by atoms with Crippen LogP contribution in [0.2, 0.25) is 0 Å². The third-order valence-electron chi connectivity index (χ3n) is 3.78. The fourth-order valence-electron chi connectivity index (χ4n) is 2.64. The number of nitrogens with zero attached hydrogens (tertiary/aromatic N) is 1. The van der Waals surface area contributed by atoms with Gasteiger partial charge in [0.25, 0.3) is 0 Å². The molecule has 116 valence electrons. The SMILES string of the molecule is CCC(C(=O)O)N1CCC(Oc2ccc(F)cc2F)CC1. The summed E-state index contributed by atoms with van der Waals surface area (Å²) in [7, 11) is 0. The molecule has 1 aliphatic rings. The predicted octanol–water partition coefficient (Wildman–Crippen LogP) is 2.67. The van der Waals surface area contributed by atoms with E-state index < -0.39 is 23.6 Å². The Bertz CT molecular complexity index is 502. The quantitative estimate of drug-likeness (QED) is 0.908. The number of ether oxygens (including phenoxy) is 1. The number of aliphatic carboxylic acids is 1. The van der Waals surface area contributed by atoms with Crippen LogP contribution >= 0.6 is 0 Å². The zero-order valence-corrected chi connectivity index (χ0v) is 11.9. The lowest BCUT2D eigenvalue weighted by Crippen LogP contribution is -2.47. The summed E-state index contributed by atoms with van der Waals surface area (Å²) in [6, 6.07) is 2.75. The van der Waals surface area contributed by atoms with Crippen molar-refractivity contribution in [2.24, 2.45) is 0 Å². The van der Waals surface area contributed by atoms with Crippen molar-refractivity contribution in [2.75, 3.05) is 13.1 Å². The molecule has 0 radical (unpaired) electrons. The first kappa shape index (κ1) is 15.7. The zero-order valence-electron chi connectivity index (χ0n) is 11.9. The molecule has 1 N–H and O–H groups in total. The molecule has 1 saturated heterocycles. The van der Waals surface area contributed by atoms with E-state index >= 15 is 0 Å². The van der Waals surface area contributed by atoms with Crippen LogP contribution in [0.15, 0.2) is 18.2 Å². The van der Waals surface area contributed by atoms with Crippen LogP contribution in [0.1, 0.15) is 26.2 Å². The summed E-state index contributed by atoms with van der Waals surface area (Å²) < 4.78 is 31.9. The average Bonchev–Trinajstić information content (AvgIpc) is 2.44. The Morgan fingerprint density at radius 3 is 2.62 bits per heavy atom. The van der Waals surface area contributed by atoms with Gasteiger partial charge in [-0.3, -0.25) is 9.69 Å². The van der Waals surface area contributed by atoms with Gasteiger partial charge in [-0.1, -0.05) is 6.92 Å². The van der Waals surface area contributed by atoms with Crippen LogP contribution in [-0.2, 0) is 4.79 Å². The normalized spacial score (nSPS) is 18.4. The highest BCUT2D eigenvalue weighted by atomic mass is 19.1. The highest BCUT2D eigenvalue weighted by Gasteiger charge is 2.29. The number of likely N-dealkylation sites (tertiary alicyclic amines) is 1. The highest BCUT2D eigenvalue weighted by Crippen LogP contribution is 2.23. The maximum absolute atomic E-state index is 13.5. The molecule has 0 spiro atoms. The van der Waals surface area contributed by atoms with E-state index in [1.165, 1.54) is 6.07 Å². The van der Waals surface area contributed by atoms with Gasteiger partial charge in [-0.2, -0.15) is 0 Å². The van der Waals surface area contributed by atoms with E-state index in [-0.39, 0.29) is 11.9 Å². The first-order valence-corrected chi connectivity index (χ1v) is 7.09. The van der Waals surface area contributed by atoms with E-state index in [1.54, 1.807) is 0 Å². The standard InChI is InChI=1S/C15H19F2NO3/c1-2-13(15(19)20)18-7-5-11(6-8-18)21-14-4-3-10(16)9-12(14)17/h3-4,9,11,13H,2,5-8H2,1H3,(H,19,20). The minimum Gasteiger partial charge on any atom is -0.487 e. The smallest absolute Gasteiger partial charge is 0.320 e. The molecule has 0 aromatic heterocycles. The van der Waals surface area contributed by atoms with E-state index in [0.29, 0.717) is 32.4 Å². The number of carboxylic acids is 1. The fourth-order valence-corrected chi connectivity index (χ4v) is 2.64. The van der Waals surface area contributed by atoms with Gasteiger partial charge in [0.15, 0.2) is 11.6 Å². The van der Waals surface area contributed by atoms with Gasteiger partial charge in [-0.15, -0.1) is 0 Å². The molecule has 4 nitrogen and oxygen atoms in total. The Balaban J connectivity index is 1.91. The van der Waals surface area contributed by atoms with E-state index in [0.717, 1.165) is 12.1 Å². The summed E-state index contributed by atoms with van der Waals surface area (Å²) in [5.41, 5.74) is 0. The number of hydrogen-bond acceptors (Lipinski definition) is 3. The maximum Gasteiger partial charge on any atom is 0.320 e. The first-order valence-electron chi connectivity index (χ1n) is 7.09. The van der Waals surface area contributed by atoms with Crippen LogP contribution < -0.4 is 4.74 Å². The number of hydrogen-bond donors (Lipinski definition) is 1. The van der Waals surface area contributed by atoms with Gasteiger partial charge in [0.1, 0.15) is 18.0 Å². The van der Waals surface area contributed by atoms with Crippen molar-refractivity contribution in [1.82, 2.24) is 4.90 Å². The second-order valence-electron chi connectivity index (χ2n) is 5.19. The summed E-state index contributed by atoms with van der Waals surface area (Å²) in [5.74, 6) is -2.13. The third-order valence-corrected chi connectivity index (χ3v) is 3.78. The summed E-state index contributed by atoms with van der Waals surface area (Å²) in [5, 5.41) is 9.13. The van der Waals surface area contributed by atoms with Crippen molar-refractivity contribution in [3.63, 3.8) is 0 Å². The Morgan fingerprint density at radius 1 is 1.43 bits per heavy atom. The maximum atomic E-state index is 13.5. The number of halogens is 2. The summed E-state index contributed by atoms with van der Waals surface area (Å²) in [4.78, 5) is 13.0. The lowest BCUT2D eigenvalue weighted by atomic mass is 10.0. The Kier molecular flexibility index (Phi) is 5.12. The van der Waals surface area contributed by atoms with E-state index in [4.69, 9.17) is 9.84 Å². The lowest BCUT2D eigenvalue weighted by Gasteiger charge is -2.35. The van der Waals surface area contributed by atoms with Crippen molar-refractivity contribution >= 4 is 5.97 Å². The van der Waals surface area contributed by atoms with Gasteiger partial charge in [-0.25, -0.2) is 8.78 Å². The van der Waals surface area contributed by atoms with Crippen molar-refractivity contribution in [3.05, 3.63) is 29.8 Å². The number of piperidine rings is 1. The second-order valence-corrected chi connectivity index (χ2v) is 5.19. The van der Waals surface area contributed by atoms with Gasteiger partial charge in [0.2, 0.25) is 0 Å². The van der Waals surface area contributed by atoms with Crippen molar-refractivity contribution in [2.45, 2.75) is 38.3 Å². The van der Waals surface area contributed by atoms with Gasteiger partial charge < -0.3 is 9.84 Å². The van der Waals surface area contributed by atoms with Crippen LogP contribution in [0, 0.1) is 11.6 Å². The number of carboxylic acid groups (broad SMARTS) is 1. The molecule has 1 atom stereocenters. The third kappa shape index (κ3) is 3.91. The molecule has 0 bridgehead atoms. The van der Waals surface area contributed by atoms with Gasteiger partial charge in [0.05, 0.1) is 0 Å². The number of rotatable bonds is 5. The highest BCUT2D eigenvalue weighted by molar-refractivity contribution is 5.73. The topological polar surface area (TPSA) is 49.8 Å². The molecule has 0 amide bonds. The van der Waals surface area contributed by atoms with Gasteiger partial charge in [-0.05, 0) is 31.4 Å². The molecule has 1 fully saturated rings. The summed E-state index contributed by atoms with van der Waals surface area (Å²) >= 11 is 0. The second kappa shape index (κ2) is 6.85. The predicted molar refractivity (Wildman–Crippen MR) is 73.3 cm³/mol. The van der Waals surface area contributed by atoms with Crippen molar-refractivity contribution in [3.8, 4) is 5.75 Å². The zero-order chi connectivity index (χ0) is 15.4. The Labute approximate surface area is 122 Å². The van der Waals surface area contributed by atoms with Crippen LogP contribution in [0.3, 0.4) is 0 Å². The van der Waals surface area contributed by atoms with E-state index in [9.17, 15) is 13.6 Å². The molecular formula is C15H19F2NO3. The fraction of sp³-hybridized carbons (Fsp3) is 0.533. The van der Waals surface area contributed by atoms with Gasteiger partial charge in [0, 0.05) is 19.2 Å². The molecule has 0 saturated carbocycles. The molecule has 1 unspecified atom stereocenters. The molecule has 0 aliphatic carbocycles. The van der Waals surface area contributed by atoms with Crippen molar-refractivity contribution < 1.29 is 23.4 Å². The minimum absolute atomic E-state index is 0.0418. The molecule has 1 aromatic carbocycles. The van der Waals surface area contributed by atoms with Crippen LogP contribution in [0.5, 0.6) is 5.75 Å². The van der Waals surface area contributed by atoms with Crippen LogP contribution in [0.4, 0.5) is 8.78 Å². The first-order chi connectivity index (χ1) is 10.0. The average molecular weight is 299 g/mol. The van der Waals surface area contributed by atoms with Crippen LogP contribution in [-0.4, -0.2) is 41.2 Å². The molecule has 21 heavy (non-hydrogen) atoms. The van der Waals surface area contributed by atoms with Gasteiger partial charge >= 0.3 is 5.97 Å². The molecule has 1 aromatic rings. The monoisotopic (exact) mass is 299 g/mol. The lowest BCUT2D eigenvalue weighted by molar-refractivity contribution is -0.144.